The second-order valence-electron chi connectivity index (χ2n) is 3.25. The smallest absolute Gasteiger partial charge is 0.130 e. The third-order valence-electron chi connectivity index (χ3n) is 2.05. The Morgan fingerprint density at radius 1 is 1.57 bits per heavy atom. The van der Waals surface area contributed by atoms with Gasteiger partial charge in [-0.25, -0.2) is 9.97 Å². The number of aryl methyl sites for hydroxylation is 1. The average molecular weight is 196 g/mol. The molecule has 0 aromatic carbocycles. The molecule has 0 radical (unpaired) electrons. The number of ether oxygens (including phenoxy) is 1. The Bertz CT molecular complexity index is 300. The van der Waals surface area contributed by atoms with Gasteiger partial charge in [-0.3, -0.25) is 0 Å². The Hall–Kier alpha value is -1.00. The highest BCUT2D eigenvalue weighted by molar-refractivity contribution is 5.18. The number of methoxy groups -OCH3 is 1. The fourth-order valence-corrected chi connectivity index (χ4v) is 1.25. The molecule has 14 heavy (non-hydrogen) atoms. The summed E-state index contributed by atoms with van der Waals surface area (Å²) >= 11 is 0. The van der Waals surface area contributed by atoms with Gasteiger partial charge in [-0.15, -0.1) is 0 Å². The first-order valence-electron chi connectivity index (χ1n) is 4.64. The van der Waals surface area contributed by atoms with E-state index in [-0.39, 0.29) is 0 Å². The molecule has 0 spiro atoms. The zero-order valence-corrected chi connectivity index (χ0v) is 8.82. The molecule has 4 heteroatoms. The number of rotatable bonds is 4. The van der Waals surface area contributed by atoms with Gasteiger partial charge in [0.1, 0.15) is 5.82 Å². The lowest BCUT2D eigenvalue weighted by atomic mass is 10.1. The molecule has 78 valence electrons. The lowest BCUT2D eigenvalue weighted by Gasteiger charge is -2.08. The number of aromatic nitrogens is 2. The molecule has 0 bridgehead atoms. The van der Waals surface area contributed by atoms with Crippen LogP contribution in [-0.2, 0) is 11.2 Å². The van der Waals surface area contributed by atoms with Crippen LogP contribution < -0.4 is 0 Å². The molecule has 0 aliphatic carbocycles. The Morgan fingerprint density at radius 3 is 2.79 bits per heavy atom. The van der Waals surface area contributed by atoms with E-state index in [0.717, 1.165) is 17.1 Å². The molecule has 0 fully saturated rings. The van der Waals surface area contributed by atoms with Crippen molar-refractivity contribution in [1.29, 1.82) is 0 Å². The summed E-state index contributed by atoms with van der Waals surface area (Å²) < 4.78 is 4.93. The Balaban J connectivity index is 2.78. The second-order valence-corrected chi connectivity index (χ2v) is 3.25. The maximum atomic E-state index is 9.37. The number of nitrogens with zero attached hydrogens (tertiary/aromatic N) is 2. The van der Waals surface area contributed by atoms with Gasteiger partial charge < -0.3 is 9.84 Å². The Labute approximate surface area is 84.0 Å². The van der Waals surface area contributed by atoms with E-state index in [2.05, 4.69) is 9.97 Å². The molecule has 0 aliphatic heterocycles. The first-order chi connectivity index (χ1) is 6.65. The summed E-state index contributed by atoms with van der Waals surface area (Å²) in [6.07, 6.45) is 1.88. The molecule has 1 heterocycles. The van der Waals surface area contributed by atoms with Crippen LogP contribution in [0.25, 0.3) is 0 Å². The van der Waals surface area contributed by atoms with Crippen molar-refractivity contribution in [2.75, 3.05) is 13.7 Å². The van der Waals surface area contributed by atoms with E-state index in [1.54, 1.807) is 20.2 Å². The van der Waals surface area contributed by atoms with Gasteiger partial charge in [0, 0.05) is 31.0 Å². The van der Waals surface area contributed by atoms with Crippen LogP contribution in [0.15, 0.2) is 6.20 Å². The summed E-state index contributed by atoms with van der Waals surface area (Å²) in [4.78, 5) is 8.43. The lowest BCUT2D eigenvalue weighted by Crippen LogP contribution is -2.05. The van der Waals surface area contributed by atoms with Crippen LogP contribution in [0.4, 0.5) is 0 Å². The molecule has 0 saturated carbocycles. The molecule has 1 aromatic rings. The van der Waals surface area contributed by atoms with Gasteiger partial charge in [0.2, 0.25) is 0 Å². The highest BCUT2D eigenvalue weighted by Crippen LogP contribution is 2.13. The number of hydrogen-bond acceptors (Lipinski definition) is 4. The van der Waals surface area contributed by atoms with E-state index < -0.39 is 6.10 Å². The summed E-state index contributed by atoms with van der Waals surface area (Å²) in [6, 6.07) is 0. The average Bonchev–Trinajstić information content (AvgIpc) is 2.14. The summed E-state index contributed by atoms with van der Waals surface area (Å²) in [7, 11) is 1.65. The molecule has 1 N–H and O–H groups in total. The van der Waals surface area contributed by atoms with E-state index in [1.807, 2.05) is 6.92 Å². The minimum absolute atomic E-state index is 0.508. The molecular formula is C10H16N2O2. The highest BCUT2D eigenvalue weighted by Gasteiger charge is 2.07. The maximum absolute atomic E-state index is 9.37. The van der Waals surface area contributed by atoms with Gasteiger partial charge in [0.05, 0.1) is 12.7 Å². The van der Waals surface area contributed by atoms with Crippen LogP contribution in [0, 0.1) is 6.92 Å². The summed E-state index contributed by atoms with van der Waals surface area (Å²) in [5, 5.41) is 9.37. The quantitative estimate of drug-likeness (QED) is 0.781. The van der Waals surface area contributed by atoms with Crippen molar-refractivity contribution in [1.82, 2.24) is 9.97 Å². The SMILES string of the molecule is COCCc1ncc([C@@H](C)O)c(C)n1. The van der Waals surface area contributed by atoms with E-state index in [9.17, 15) is 5.11 Å². The number of hydrogen-bond donors (Lipinski definition) is 1. The molecule has 0 aliphatic rings. The van der Waals surface area contributed by atoms with Crippen LogP contribution in [0.1, 0.15) is 30.1 Å². The first kappa shape index (κ1) is 11.1. The topological polar surface area (TPSA) is 55.2 Å². The van der Waals surface area contributed by atoms with Gasteiger partial charge in [0.15, 0.2) is 0 Å². The van der Waals surface area contributed by atoms with Crippen LogP contribution in [0.5, 0.6) is 0 Å². The predicted octanol–water partition coefficient (Wildman–Crippen LogP) is 1.03. The molecule has 1 aromatic heterocycles. The van der Waals surface area contributed by atoms with Crippen molar-refractivity contribution in [3.05, 3.63) is 23.3 Å². The molecular weight excluding hydrogens is 180 g/mol. The van der Waals surface area contributed by atoms with Crippen molar-refractivity contribution in [2.24, 2.45) is 0 Å². The van der Waals surface area contributed by atoms with E-state index >= 15 is 0 Å². The maximum Gasteiger partial charge on any atom is 0.130 e. The summed E-state index contributed by atoms with van der Waals surface area (Å²) in [5.74, 6) is 0.758. The lowest BCUT2D eigenvalue weighted by molar-refractivity contribution is 0.195. The van der Waals surface area contributed by atoms with Crippen molar-refractivity contribution in [3.8, 4) is 0 Å². The molecule has 0 unspecified atom stereocenters. The van der Waals surface area contributed by atoms with Gasteiger partial charge in [-0.1, -0.05) is 0 Å². The predicted molar refractivity (Wildman–Crippen MR) is 53.0 cm³/mol. The van der Waals surface area contributed by atoms with Crippen LogP contribution in [0.2, 0.25) is 0 Å². The molecule has 1 rings (SSSR count). The van der Waals surface area contributed by atoms with Crippen molar-refractivity contribution in [2.45, 2.75) is 26.4 Å². The zero-order chi connectivity index (χ0) is 10.6. The zero-order valence-electron chi connectivity index (χ0n) is 8.82. The van der Waals surface area contributed by atoms with Crippen LogP contribution in [-0.4, -0.2) is 28.8 Å². The van der Waals surface area contributed by atoms with E-state index in [1.165, 1.54) is 0 Å². The van der Waals surface area contributed by atoms with Crippen LogP contribution >= 0.6 is 0 Å². The Kier molecular flexibility index (Phi) is 3.98. The molecule has 0 amide bonds. The standard InChI is InChI=1S/C10H16N2O2/c1-7-9(8(2)13)6-11-10(12-7)4-5-14-3/h6,8,13H,4-5H2,1-3H3/t8-/m1/s1. The summed E-state index contributed by atoms with van der Waals surface area (Å²) in [6.45, 7) is 4.20. The fraction of sp³-hybridized carbons (Fsp3) is 0.600. The fourth-order valence-electron chi connectivity index (χ4n) is 1.25. The van der Waals surface area contributed by atoms with Crippen molar-refractivity contribution < 1.29 is 9.84 Å². The highest BCUT2D eigenvalue weighted by atomic mass is 16.5. The van der Waals surface area contributed by atoms with Gasteiger partial charge in [-0.05, 0) is 13.8 Å². The van der Waals surface area contributed by atoms with Gasteiger partial charge in [0.25, 0.3) is 0 Å². The molecule has 1 atom stereocenters. The molecule has 4 nitrogen and oxygen atoms in total. The number of aliphatic hydroxyl groups excluding tert-OH is 1. The largest absolute Gasteiger partial charge is 0.389 e. The monoisotopic (exact) mass is 196 g/mol. The van der Waals surface area contributed by atoms with Crippen molar-refractivity contribution >= 4 is 0 Å². The number of aliphatic hydroxyl groups is 1. The molecule has 0 saturated heterocycles. The minimum Gasteiger partial charge on any atom is -0.389 e. The van der Waals surface area contributed by atoms with Gasteiger partial charge >= 0.3 is 0 Å². The first-order valence-corrected chi connectivity index (χ1v) is 4.64. The van der Waals surface area contributed by atoms with E-state index in [0.29, 0.717) is 13.0 Å². The minimum atomic E-state index is -0.508. The van der Waals surface area contributed by atoms with Crippen molar-refractivity contribution in [3.63, 3.8) is 0 Å². The second kappa shape index (κ2) is 5.02. The van der Waals surface area contributed by atoms with E-state index in [4.69, 9.17) is 4.74 Å². The third-order valence-corrected chi connectivity index (χ3v) is 2.05. The third kappa shape index (κ3) is 2.75. The van der Waals surface area contributed by atoms with Crippen LogP contribution in [0.3, 0.4) is 0 Å². The Morgan fingerprint density at radius 2 is 2.29 bits per heavy atom. The normalized spacial score (nSPS) is 12.9. The summed E-state index contributed by atoms with van der Waals surface area (Å²) in [5.41, 5.74) is 1.62. The van der Waals surface area contributed by atoms with Gasteiger partial charge in [-0.2, -0.15) is 0 Å².